The van der Waals surface area contributed by atoms with E-state index in [0.29, 0.717) is 5.58 Å². The van der Waals surface area contributed by atoms with E-state index in [1.165, 1.54) is 12.1 Å². The summed E-state index contributed by atoms with van der Waals surface area (Å²) in [7, 11) is 0. The monoisotopic (exact) mass is 338 g/mol. The highest BCUT2D eigenvalue weighted by Crippen LogP contribution is 2.27. The third kappa shape index (κ3) is 3.02. The summed E-state index contributed by atoms with van der Waals surface area (Å²) >= 11 is 0. The Bertz CT molecular complexity index is 783. The van der Waals surface area contributed by atoms with Crippen LogP contribution in [0, 0.1) is 6.92 Å². The Morgan fingerprint density at radius 1 is 1.12 bits per heavy atom. The Morgan fingerprint density at radius 3 is 2.58 bits per heavy atom. The van der Waals surface area contributed by atoms with Crippen molar-refractivity contribution < 1.29 is 34.3 Å². The number of aliphatic hydroxyl groups is 4. The molecule has 1 aromatic heterocycles. The molecule has 3 rings (SSSR count). The molecular weight excluding hydrogens is 320 g/mol. The molecule has 1 aromatic carbocycles. The van der Waals surface area contributed by atoms with Gasteiger partial charge in [-0.3, -0.25) is 0 Å². The van der Waals surface area contributed by atoms with Crippen LogP contribution >= 0.6 is 0 Å². The first kappa shape index (κ1) is 16.9. The average Bonchev–Trinajstić information content (AvgIpc) is 2.55. The van der Waals surface area contributed by atoms with Gasteiger partial charge in [0.1, 0.15) is 35.7 Å². The van der Waals surface area contributed by atoms with Crippen LogP contribution in [0.5, 0.6) is 5.75 Å². The standard InChI is InChI=1S/C16H18O8/c1-7-4-12(18)23-10-5-8(2-3-9(7)10)22-16-15(21)14(20)13(19)11(6-17)24-16/h2-5,11,13-17,19-21H,6H2,1H3/t11-,13+,14+,15+,16+/m0/s1. The van der Waals surface area contributed by atoms with E-state index in [4.69, 9.17) is 19.0 Å². The van der Waals surface area contributed by atoms with Crippen molar-refractivity contribution in [3.05, 3.63) is 40.2 Å². The van der Waals surface area contributed by atoms with Crippen LogP contribution in [0.3, 0.4) is 0 Å². The first-order chi connectivity index (χ1) is 11.4. The van der Waals surface area contributed by atoms with Crippen LogP contribution in [-0.4, -0.2) is 57.7 Å². The van der Waals surface area contributed by atoms with Gasteiger partial charge in [0.15, 0.2) is 0 Å². The number of fused-ring (bicyclic) bond motifs is 1. The van der Waals surface area contributed by atoms with Gasteiger partial charge in [-0.15, -0.1) is 0 Å². The summed E-state index contributed by atoms with van der Waals surface area (Å²) in [6.07, 6.45) is -6.85. The van der Waals surface area contributed by atoms with E-state index in [9.17, 15) is 20.1 Å². The molecule has 1 fully saturated rings. The summed E-state index contributed by atoms with van der Waals surface area (Å²) in [4.78, 5) is 11.5. The Kier molecular flexibility index (Phi) is 4.57. The molecule has 130 valence electrons. The Hall–Kier alpha value is -1.97. The highest BCUT2D eigenvalue weighted by atomic mass is 16.7. The van der Waals surface area contributed by atoms with Crippen LogP contribution in [-0.2, 0) is 4.74 Å². The van der Waals surface area contributed by atoms with Gasteiger partial charge in [-0.25, -0.2) is 4.79 Å². The maximum absolute atomic E-state index is 11.5. The molecule has 1 saturated heterocycles. The molecule has 1 aliphatic rings. The molecule has 0 spiro atoms. The summed E-state index contributed by atoms with van der Waals surface area (Å²) in [6.45, 7) is 1.23. The minimum atomic E-state index is -1.53. The lowest BCUT2D eigenvalue weighted by Crippen LogP contribution is -2.60. The van der Waals surface area contributed by atoms with E-state index in [-0.39, 0.29) is 5.75 Å². The second kappa shape index (κ2) is 6.50. The van der Waals surface area contributed by atoms with Gasteiger partial charge in [0.25, 0.3) is 0 Å². The summed E-state index contributed by atoms with van der Waals surface area (Å²) in [5.74, 6) is 0.237. The lowest BCUT2D eigenvalue weighted by atomic mass is 9.99. The molecule has 5 atom stereocenters. The zero-order chi connectivity index (χ0) is 17.4. The van der Waals surface area contributed by atoms with Crippen molar-refractivity contribution >= 4 is 11.0 Å². The van der Waals surface area contributed by atoms with Crippen LogP contribution in [0.25, 0.3) is 11.0 Å². The average molecular weight is 338 g/mol. The Balaban J connectivity index is 1.87. The molecule has 24 heavy (non-hydrogen) atoms. The number of hydrogen-bond acceptors (Lipinski definition) is 8. The first-order valence-electron chi connectivity index (χ1n) is 7.42. The fourth-order valence-electron chi connectivity index (χ4n) is 2.68. The summed E-state index contributed by atoms with van der Waals surface area (Å²) in [5.41, 5.74) is 0.563. The smallest absolute Gasteiger partial charge is 0.336 e. The molecule has 2 aromatic rings. The molecule has 4 N–H and O–H groups in total. The van der Waals surface area contributed by atoms with Crippen molar-refractivity contribution in [1.29, 1.82) is 0 Å². The van der Waals surface area contributed by atoms with Gasteiger partial charge in [0, 0.05) is 17.5 Å². The van der Waals surface area contributed by atoms with E-state index in [1.807, 2.05) is 0 Å². The van der Waals surface area contributed by atoms with Crippen molar-refractivity contribution in [3.63, 3.8) is 0 Å². The van der Waals surface area contributed by atoms with Crippen molar-refractivity contribution in [2.45, 2.75) is 37.6 Å². The van der Waals surface area contributed by atoms with Gasteiger partial charge in [-0.2, -0.15) is 0 Å². The molecule has 8 nitrogen and oxygen atoms in total. The van der Waals surface area contributed by atoms with Crippen molar-refractivity contribution in [2.75, 3.05) is 6.61 Å². The van der Waals surface area contributed by atoms with Crippen molar-refractivity contribution in [1.82, 2.24) is 0 Å². The van der Waals surface area contributed by atoms with Crippen molar-refractivity contribution in [2.24, 2.45) is 0 Å². The topological polar surface area (TPSA) is 130 Å². The predicted octanol–water partition coefficient (Wildman–Crippen LogP) is -0.720. The first-order valence-corrected chi connectivity index (χ1v) is 7.42. The summed E-state index contributed by atoms with van der Waals surface area (Å²) < 4.78 is 15.9. The molecule has 0 bridgehead atoms. The van der Waals surface area contributed by atoms with E-state index in [2.05, 4.69) is 0 Å². The maximum Gasteiger partial charge on any atom is 0.336 e. The molecular formula is C16H18O8. The molecule has 0 aliphatic carbocycles. The molecule has 8 heteroatoms. The highest BCUT2D eigenvalue weighted by molar-refractivity contribution is 5.81. The second-order valence-corrected chi connectivity index (χ2v) is 5.72. The number of hydrogen-bond donors (Lipinski definition) is 4. The number of benzene rings is 1. The largest absolute Gasteiger partial charge is 0.462 e. The van der Waals surface area contributed by atoms with Gasteiger partial charge < -0.3 is 34.3 Å². The molecule has 0 amide bonds. The minimum absolute atomic E-state index is 0.237. The van der Waals surface area contributed by atoms with Crippen LogP contribution < -0.4 is 10.4 Å². The fourth-order valence-corrected chi connectivity index (χ4v) is 2.68. The number of ether oxygens (including phenoxy) is 2. The zero-order valence-corrected chi connectivity index (χ0v) is 12.8. The minimum Gasteiger partial charge on any atom is -0.462 e. The lowest BCUT2D eigenvalue weighted by Gasteiger charge is -2.39. The fraction of sp³-hybridized carbons (Fsp3) is 0.438. The quantitative estimate of drug-likeness (QED) is 0.540. The molecule has 0 radical (unpaired) electrons. The normalized spacial score (nSPS) is 30.5. The van der Waals surface area contributed by atoms with Crippen LogP contribution in [0.4, 0.5) is 0 Å². The Labute approximate surface area is 136 Å². The van der Waals surface area contributed by atoms with Crippen LogP contribution in [0.1, 0.15) is 5.56 Å². The summed E-state index contributed by atoms with van der Waals surface area (Å²) in [6, 6.07) is 6.12. The van der Waals surface area contributed by atoms with E-state index in [0.717, 1.165) is 10.9 Å². The molecule has 0 saturated carbocycles. The van der Waals surface area contributed by atoms with Crippen LogP contribution in [0.2, 0.25) is 0 Å². The predicted molar refractivity (Wildman–Crippen MR) is 81.6 cm³/mol. The lowest BCUT2D eigenvalue weighted by molar-refractivity contribution is -0.277. The van der Waals surface area contributed by atoms with E-state index >= 15 is 0 Å². The van der Waals surface area contributed by atoms with E-state index < -0.39 is 42.9 Å². The maximum atomic E-state index is 11.5. The Morgan fingerprint density at radius 2 is 1.88 bits per heavy atom. The molecule has 2 heterocycles. The van der Waals surface area contributed by atoms with Gasteiger partial charge in [0.05, 0.1) is 6.61 Å². The zero-order valence-electron chi connectivity index (χ0n) is 12.8. The molecule has 1 aliphatic heterocycles. The molecule has 0 unspecified atom stereocenters. The van der Waals surface area contributed by atoms with Crippen LogP contribution in [0.15, 0.2) is 33.5 Å². The third-order valence-electron chi connectivity index (χ3n) is 4.02. The van der Waals surface area contributed by atoms with Gasteiger partial charge in [-0.05, 0) is 24.6 Å². The highest BCUT2D eigenvalue weighted by Gasteiger charge is 2.44. The van der Waals surface area contributed by atoms with Gasteiger partial charge in [-0.1, -0.05) is 0 Å². The summed E-state index contributed by atoms with van der Waals surface area (Å²) in [5, 5.41) is 39.4. The third-order valence-corrected chi connectivity index (χ3v) is 4.02. The SMILES string of the molecule is Cc1cc(=O)oc2cc(O[C@@H]3O[C@@H](CO)[C@@H](O)[C@@H](O)[C@H]3O)ccc12. The second-order valence-electron chi connectivity index (χ2n) is 5.72. The van der Waals surface area contributed by atoms with Gasteiger partial charge >= 0.3 is 5.63 Å². The van der Waals surface area contributed by atoms with E-state index in [1.54, 1.807) is 19.1 Å². The van der Waals surface area contributed by atoms with Gasteiger partial charge in [0.2, 0.25) is 6.29 Å². The number of rotatable bonds is 3. The number of aryl methyl sites for hydroxylation is 1. The van der Waals surface area contributed by atoms with Crippen molar-refractivity contribution in [3.8, 4) is 5.75 Å². The number of aliphatic hydroxyl groups excluding tert-OH is 4.